The van der Waals surface area contributed by atoms with Crippen LogP contribution in [0.1, 0.15) is 42.5 Å². The van der Waals surface area contributed by atoms with Crippen molar-refractivity contribution in [1.29, 1.82) is 0 Å². The maximum absolute atomic E-state index is 12.2. The van der Waals surface area contributed by atoms with Crippen molar-refractivity contribution >= 4 is 11.7 Å². The highest BCUT2D eigenvalue weighted by Crippen LogP contribution is 2.29. The number of nitrogens with one attached hydrogen (secondary N) is 1. The predicted octanol–water partition coefficient (Wildman–Crippen LogP) is 3.06. The molecule has 0 radical (unpaired) electrons. The second-order valence-corrected chi connectivity index (χ2v) is 6.29. The lowest BCUT2D eigenvalue weighted by Crippen LogP contribution is -2.26. The molecule has 0 fully saturated rings. The molecular weight excluding hydrogens is 266 g/mol. The zero-order chi connectivity index (χ0) is 15.2. The predicted molar refractivity (Wildman–Crippen MR) is 80.8 cm³/mol. The molecule has 3 rings (SSSR count). The smallest absolute Gasteiger partial charge is 0.359 e. The van der Waals surface area contributed by atoms with Gasteiger partial charge in [-0.25, -0.2) is 9.78 Å². The van der Waals surface area contributed by atoms with Crippen molar-refractivity contribution in [2.45, 2.75) is 39.8 Å². The Morgan fingerprint density at radius 3 is 2.86 bits per heavy atom. The number of anilines is 1. The topological polar surface area (TPSA) is 56.1 Å². The van der Waals surface area contributed by atoms with Gasteiger partial charge in [-0.2, -0.15) is 0 Å². The van der Waals surface area contributed by atoms with E-state index in [-0.39, 0.29) is 5.97 Å². The quantitative estimate of drug-likeness (QED) is 0.818. The fraction of sp³-hybridized carbons (Fsp3) is 0.375. The van der Waals surface area contributed by atoms with E-state index in [0.29, 0.717) is 12.2 Å². The first-order valence-corrected chi connectivity index (χ1v) is 6.99. The lowest BCUT2D eigenvalue weighted by Gasteiger charge is -2.23. The maximum atomic E-state index is 12.2. The average molecular weight is 285 g/mol. The summed E-state index contributed by atoms with van der Waals surface area (Å²) in [6, 6.07) is 6.16. The lowest BCUT2D eigenvalue weighted by molar-refractivity contribution is 0.00621. The van der Waals surface area contributed by atoms with Crippen molar-refractivity contribution in [2.24, 2.45) is 0 Å². The van der Waals surface area contributed by atoms with Crippen LogP contribution in [-0.2, 0) is 11.3 Å². The van der Waals surface area contributed by atoms with E-state index in [9.17, 15) is 4.79 Å². The first-order chi connectivity index (χ1) is 9.85. The third-order valence-corrected chi connectivity index (χ3v) is 3.32. The molecule has 1 N–H and O–H groups in total. The summed E-state index contributed by atoms with van der Waals surface area (Å²) in [6.07, 6.45) is 1.68. The Bertz CT molecular complexity index is 711. The summed E-state index contributed by atoms with van der Waals surface area (Å²) in [5.74, 6) is -0.381. The van der Waals surface area contributed by atoms with Crippen molar-refractivity contribution in [2.75, 3.05) is 5.32 Å². The van der Waals surface area contributed by atoms with Gasteiger partial charge in [0.05, 0.1) is 23.6 Å². The van der Waals surface area contributed by atoms with Gasteiger partial charge in [0, 0.05) is 0 Å². The van der Waals surface area contributed by atoms with E-state index in [0.717, 1.165) is 17.1 Å². The molecule has 0 bridgehead atoms. The average Bonchev–Trinajstić information content (AvgIpc) is 2.80. The van der Waals surface area contributed by atoms with Gasteiger partial charge in [-0.1, -0.05) is 6.07 Å². The van der Waals surface area contributed by atoms with E-state index in [1.54, 1.807) is 6.33 Å². The molecule has 110 valence electrons. The Hall–Kier alpha value is -2.30. The number of rotatable bonds is 1. The number of carbonyl (C=O) groups excluding carboxylic acids is 1. The molecule has 0 atom stereocenters. The minimum absolute atomic E-state index is 0.378. The monoisotopic (exact) mass is 285 g/mol. The van der Waals surface area contributed by atoms with Crippen LogP contribution in [0.5, 0.6) is 0 Å². The maximum Gasteiger partial charge on any atom is 0.359 e. The zero-order valence-corrected chi connectivity index (χ0v) is 12.7. The van der Waals surface area contributed by atoms with Crippen molar-refractivity contribution in [3.05, 3.63) is 41.5 Å². The number of benzene rings is 1. The standard InChI is InChI=1S/C16H19N3O2/c1-10-5-6-12-11(7-10)17-8-13-14(18-9-19(12)13)15(20)21-16(2,3)4/h5-7,9,17H,8H2,1-4H3. The van der Waals surface area contributed by atoms with Gasteiger partial charge in [-0.15, -0.1) is 0 Å². The molecule has 0 saturated carbocycles. The minimum Gasteiger partial charge on any atom is -0.455 e. The normalized spacial score (nSPS) is 13.1. The summed E-state index contributed by atoms with van der Waals surface area (Å²) in [6.45, 7) is 8.17. The molecule has 1 aliphatic rings. The number of imidazole rings is 1. The highest BCUT2D eigenvalue weighted by Gasteiger charge is 2.27. The van der Waals surface area contributed by atoms with Crippen LogP contribution in [0.2, 0.25) is 0 Å². The van der Waals surface area contributed by atoms with Crippen LogP contribution in [-0.4, -0.2) is 21.1 Å². The molecule has 1 aromatic heterocycles. The van der Waals surface area contributed by atoms with Crippen LogP contribution in [0.25, 0.3) is 5.69 Å². The molecule has 1 aliphatic heterocycles. The Labute approximate surface area is 124 Å². The number of aromatic nitrogens is 2. The number of esters is 1. The highest BCUT2D eigenvalue weighted by atomic mass is 16.6. The Morgan fingerprint density at radius 2 is 2.14 bits per heavy atom. The number of carbonyl (C=O) groups is 1. The molecule has 2 heterocycles. The fourth-order valence-corrected chi connectivity index (χ4v) is 2.43. The number of nitrogens with zero attached hydrogens (tertiary/aromatic N) is 2. The molecular formula is C16H19N3O2. The summed E-state index contributed by atoms with van der Waals surface area (Å²) in [7, 11) is 0. The van der Waals surface area contributed by atoms with Crippen molar-refractivity contribution in [3.8, 4) is 5.69 Å². The Kier molecular flexibility index (Phi) is 3.01. The molecule has 0 saturated heterocycles. The molecule has 21 heavy (non-hydrogen) atoms. The Balaban J connectivity index is 2.00. The van der Waals surface area contributed by atoms with Gasteiger partial charge >= 0.3 is 5.97 Å². The summed E-state index contributed by atoms with van der Waals surface area (Å²) >= 11 is 0. The third kappa shape index (κ3) is 2.51. The van der Waals surface area contributed by atoms with E-state index < -0.39 is 5.60 Å². The molecule has 0 aliphatic carbocycles. The number of aryl methyl sites for hydroxylation is 1. The minimum atomic E-state index is -0.523. The van der Waals surface area contributed by atoms with Gasteiger partial charge in [0.2, 0.25) is 0 Å². The second-order valence-electron chi connectivity index (χ2n) is 6.29. The van der Waals surface area contributed by atoms with Crippen LogP contribution in [0.15, 0.2) is 24.5 Å². The fourth-order valence-electron chi connectivity index (χ4n) is 2.43. The van der Waals surface area contributed by atoms with Crippen LogP contribution in [0.4, 0.5) is 5.69 Å². The van der Waals surface area contributed by atoms with Crippen LogP contribution in [0, 0.1) is 6.92 Å². The number of ether oxygens (including phenoxy) is 1. The summed E-state index contributed by atoms with van der Waals surface area (Å²) in [5, 5.41) is 3.34. The molecule has 5 heteroatoms. The molecule has 1 aromatic carbocycles. The zero-order valence-electron chi connectivity index (χ0n) is 12.7. The largest absolute Gasteiger partial charge is 0.455 e. The summed E-state index contributed by atoms with van der Waals surface area (Å²) < 4.78 is 7.36. The van der Waals surface area contributed by atoms with Crippen LogP contribution < -0.4 is 5.32 Å². The second kappa shape index (κ2) is 4.62. The van der Waals surface area contributed by atoms with Gasteiger partial charge in [0.15, 0.2) is 5.69 Å². The lowest BCUT2D eigenvalue weighted by atomic mass is 10.1. The van der Waals surface area contributed by atoms with Crippen molar-refractivity contribution in [1.82, 2.24) is 9.55 Å². The summed E-state index contributed by atoms with van der Waals surface area (Å²) in [5.41, 5.74) is 3.94. The van der Waals surface area contributed by atoms with Crippen molar-refractivity contribution < 1.29 is 9.53 Å². The molecule has 2 aromatic rings. The van der Waals surface area contributed by atoms with Crippen LogP contribution >= 0.6 is 0 Å². The number of hydrogen-bond donors (Lipinski definition) is 1. The molecule has 5 nitrogen and oxygen atoms in total. The highest BCUT2D eigenvalue weighted by molar-refractivity contribution is 5.89. The van der Waals surface area contributed by atoms with Crippen molar-refractivity contribution in [3.63, 3.8) is 0 Å². The van der Waals surface area contributed by atoms with Crippen LogP contribution in [0.3, 0.4) is 0 Å². The molecule has 0 unspecified atom stereocenters. The first-order valence-electron chi connectivity index (χ1n) is 6.99. The number of fused-ring (bicyclic) bond motifs is 3. The van der Waals surface area contributed by atoms with E-state index >= 15 is 0 Å². The first kappa shape index (κ1) is 13.7. The van der Waals surface area contributed by atoms with Gasteiger partial charge in [-0.05, 0) is 45.4 Å². The third-order valence-electron chi connectivity index (χ3n) is 3.32. The van der Waals surface area contributed by atoms with E-state index in [1.807, 2.05) is 37.5 Å². The summed E-state index contributed by atoms with van der Waals surface area (Å²) in [4.78, 5) is 16.5. The van der Waals surface area contributed by atoms with E-state index in [1.165, 1.54) is 5.56 Å². The SMILES string of the molecule is Cc1ccc2c(c1)NCc1c(C(=O)OC(C)(C)C)ncn1-2. The van der Waals surface area contributed by atoms with E-state index in [2.05, 4.69) is 23.3 Å². The molecule has 0 amide bonds. The van der Waals surface area contributed by atoms with Gasteiger partial charge in [-0.3, -0.25) is 4.57 Å². The number of hydrogen-bond acceptors (Lipinski definition) is 4. The van der Waals surface area contributed by atoms with E-state index in [4.69, 9.17) is 4.74 Å². The van der Waals surface area contributed by atoms with Gasteiger partial charge in [0.1, 0.15) is 11.9 Å². The van der Waals surface area contributed by atoms with Gasteiger partial charge < -0.3 is 10.1 Å². The van der Waals surface area contributed by atoms with Gasteiger partial charge in [0.25, 0.3) is 0 Å². The molecule has 0 spiro atoms. The Morgan fingerprint density at radius 1 is 1.38 bits per heavy atom.